The van der Waals surface area contributed by atoms with Crippen molar-refractivity contribution in [1.82, 2.24) is 15.2 Å². The number of anilines is 1. The number of phenols is 2. The first-order valence-electron chi connectivity index (χ1n) is 13.0. The number of ketones is 2. The fraction of sp³-hybridized carbons (Fsp3) is 0.276. The molecule has 0 saturated heterocycles. The number of hydrogen-bond donors (Lipinski definition) is 7. The van der Waals surface area contributed by atoms with Gasteiger partial charge < -0.3 is 36.8 Å². The number of primary amides is 1. The van der Waals surface area contributed by atoms with E-state index in [2.05, 4.69) is 15.6 Å². The Morgan fingerprint density at radius 1 is 1.14 bits per heavy atom. The summed E-state index contributed by atoms with van der Waals surface area (Å²) in [6.45, 7) is 1.42. The molecule has 2 amide bonds. The highest BCUT2D eigenvalue weighted by Crippen LogP contribution is 2.50. The summed E-state index contributed by atoms with van der Waals surface area (Å²) in [6, 6.07) is 6.27. The van der Waals surface area contributed by atoms with Crippen molar-refractivity contribution >= 4 is 52.4 Å². The monoisotopic (exact) mass is 611 g/mol. The molecule has 8 N–H and O–H groups in total. The maximum Gasteiger partial charge on any atom is 0.259 e. The molecule has 2 aromatic carbocycles. The molecule has 14 heteroatoms. The summed E-state index contributed by atoms with van der Waals surface area (Å²) in [5.74, 6) is -6.54. The number of nitrogens with two attached hydrogens (primary N) is 1. The van der Waals surface area contributed by atoms with Gasteiger partial charge in [-0.15, -0.1) is 12.4 Å². The second kappa shape index (κ2) is 11.2. The van der Waals surface area contributed by atoms with Crippen LogP contribution in [0.1, 0.15) is 31.8 Å². The number of fused-ring (bicyclic) bond motifs is 3. The topological polar surface area (TPSA) is 215 Å². The number of likely N-dealkylation sites (N-methyl/N-ethyl adjacent to an activating group) is 1. The maximum atomic E-state index is 14.0. The van der Waals surface area contributed by atoms with E-state index in [9.17, 15) is 39.6 Å². The van der Waals surface area contributed by atoms with Gasteiger partial charge in [0.1, 0.15) is 28.6 Å². The van der Waals surface area contributed by atoms with Crippen LogP contribution in [0.15, 0.2) is 47.9 Å². The molecule has 0 fully saturated rings. The highest BCUT2D eigenvalue weighted by molar-refractivity contribution is 6.25. The summed E-state index contributed by atoms with van der Waals surface area (Å²) < 4.78 is 0. The Bertz CT molecular complexity index is 1720. The number of nitrogens with zero attached hydrogens (tertiary/aromatic N) is 2. The molecule has 0 saturated carbocycles. The average Bonchev–Trinajstić information content (AvgIpc) is 2.93. The van der Waals surface area contributed by atoms with Crippen LogP contribution in [0.3, 0.4) is 0 Å². The van der Waals surface area contributed by atoms with E-state index in [4.69, 9.17) is 5.73 Å². The molecular formula is C29H30ClN5O8. The number of aliphatic hydroxyl groups excluding tert-OH is 1. The number of carbonyl (C=O) groups is 4. The van der Waals surface area contributed by atoms with E-state index in [1.165, 1.54) is 29.3 Å². The van der Waals surface area contributed by atoms with Crippen molar-refractivity contribution < 1.29 is 39.6 Å². The number of amides is 2. The van der Waals surface area contributed by atoms with E-state index in [-0.39, 0.29) is 53.6 Å². The molecule has 1 aromatic heterocycles. The zero-order valence-electron chi connectivity index (χ0n) is 23.3. The Morgan fingerprint density at radius 3 is 2.44 bits per heavy atom. The minimum absolute atomic E-state index is 0. The SMILES string of the molecule is Cc1c2c(c(O)c3c(O)cccc13)C(=O)C1(O)C(O)=C(C(=O)NCNc3ccc(C(N)=O)cn3)C(=O)C(N(C)C)C1C2.Cl. The summed E-state index contributed by atoms with van der Waals surface area (Å²) in [5, 5.41) is 50.5. The van der Waals surface area contributed by atoms with E-state index >= 15 is 0 Å². The molecular weight excluding hydrogens is 582 g/mol. The summed E-state index contributed by atoms with van der Waals surface area (Å²) in [5.41, 5.74) is 2.46. The molecule has 2 aliphatic carbocycles. The van der Waals surface area contributed by atoms with Gasteiger partial charge >= 0.3 is 0 Å². The van der Waals surface area contributed by atoms with Crippen molar-refractivity contribution in [3.05, 3.63) is 70.1 Å². The minimum Gasteiger partial charge on any atom is -0.508 e. The number of phenolic OH excluding ortho intramolecular Hbond substituents is 2. The van der Waals surface area contributed by atoms with Gasteiger partial charge in [-0.2, -0.15) is 0 Å². The second-order valence-corrected chi connectivity index (χ2v) is 10.6. The van der Waals surface area contributed by atoms with Crippen LogP contribution in [0.2, 0.25) is 0 Å². The van der Waals surface area contributed by atoms with Gasteiger partial charge in [0.05, 0.1) is 29.2 Å². The fourth-order valence-electron chi connectivity index (χ4n) is 5.97. The first-order valence-corrected chi connectivity index (χ1v) is 13.0. The smallest absolute Gasteiger partial charge is 0.259 e. The van der Waals surface area contributed by atoms with Crippen LogP contribution >= 0.6 is 12.4 Å². The van der Waals surface area contributed by atoms with Gasteiger partial charge in [-0.3, -0.25) is 24.1 Å². The Hall–Kier alpha value is -4.72. The first kappa shape index (κ1) is 31.2. The van der Waals surface area contributed by atoms with Crippen LogP contribution < -0.4 is 16.4 Å². The Kier molecular flexibility index (Phi) is 8.11. The normalized spacial score (nSPS) is 21.2. The lowest BCUT2D eigenvalue weighted by Crippen LogP contribution is -2.65. The number of hydrogen-bond acceptors (Lipinski definition) is 11. The molecule has 0 bridgehead atoms. The number of benzene rings is 2. The van der Waals surface area contributed by atoms with E-state index in [1.54, 1.807) is 33.2 Å². The van der Waals surface area contributed by atoms with Gasteiger partial charge in [0.25, 0.3) is 5.91 Å². The number of Topliss-reactive ketones (excluding diaryl/α,β-unsaturated/α-hetero) is 2. The number of aliphatic hydroxyl groups is 2. The molecule has 2 aliphatic rings. The molecule has 0 spiro atoms. The third-order valence-electron chi connectivity index (χ3n) is 8.05. The number of pyridine rings is 1. The summed E-state index contributed by atoms with van der Waals surface area (Å²) in [7, 11) is 3.10. The standard InChI is InChI=1S/C29H29N5O8.ClH/c1-12-14-5-4-6-17(35)19(14)23(36)20-15(12)9-16-22(34(2)3)24(37)21(26(39)29(16,42)25(20)38)28(41)33-11-32-18-8-7-13(10-31-18)27(30)40;/h4-8,10,16,22,35-36,39,42H,9,11H2,1-3H3,(H2,30,40)(H,31,32)(H,33,41);1H. The van der Waals surface area contributed by atoms with Crippen molar-refractivity contribution in [1.29, 1.82) is 0 Å². The van der Waals surface area contributed by atoms with E-state index in [0.29, 0.717) is 16.5 Å². The Labute approximate surface area is 251 Å². The summed E-state index contributed by atoms with van der Waals surface area (Å²) in [6.07, 6.45) is 1.14. The van der Waals surface area contributed by atoms with Crippen molar-refractivity contribution in [2.24, 2.45) is 11.7 Å². The second-order valence-electron chi connectivity index (χ2n) is 10.6. The van der Waals surface area contributed by atoms with Crippen molar-refractivity contribution in [3.63, 3.8) is 0 Å². The number of nitrogens with one attached hydrogen (secondary N) is 2. The minimum atomic E-state index is -2.73. The summed E-state index contributed by atoms with van der Waals surface area (Å²) in [4.78, 5) is 57.6. The van der Waals surface area contributed by atoms with Crippen LogP contribution in [-0.2, 0) is 16.0 Å². The molecule has 5 rings (SSSR count). The lowest BCUT2D eigenvalue weighted by atomic mass is 9.61. The van der Waals surface area contributed by atoms with Crippen molar-refractivity contribution in [2.45, 2.75) is 25.0 Å². The van der Waals surface area contributed by atoms with Gasteiger partial charge in [-0.05, 0) is 62.2 Å². The van der Waals surface area contributed by atoms with Crippen LogP contribution in [0.25, 0.3) is 10.8 Å². The predicted octanol–water partition coefficient (Wildman–Crippen LogP) is 1.07. The number of aromatic hydroxyl groups is 2. The number of carbonyl (C=O) groups excluding carboxylic acids is 4. The number of aromatic nitrogens is 1. The molecule has 0 radical (unpaired) electrons. The largest absolute Gasteiger partial charge is 0.508 e. The van der Waals surface area contributed by atoms with Gasteiger partial charge in [-0.1, -0.05) is 12.1 Å². The molecule has 43 heavy (non-hydrogen) atoms. The maximum absolute atomic E-state index is 14.0. The van der Waals surface area contributed by atoms with E-state index in [0.717, 1.165) is 0 Å². The predicted molar refractivity (Wildman–Crippen MR) is 157 cm³/mol. The third-order valence-corrected chi connectivity index (χ3v) is 8.05. The molecule has 13 nitrogen and oxygen atoms in total. The highest BCUT2D eigenvalue weighted by atomic mass is 35.5. The van der Waals surface area contributed by atoms with Gasteiger partial charge in [0.15, 0.2) is 11.4 Å². The highest BCUT2D eigenvalue weighted by Gasteiger charge is 2.62. The lowest BCUT2D eigenvalue weighted by molar-refractivity contribution is -0.132. The van der Waals surface area contributed by atoms with Gasteiger partial charge in [-0.25, -0.2) is 4.98 Å². The molecule has 1 heterocycles. The molecule has 226 valence electrons. The van der Waals surface area contributed by atoms with Crippen LogP contribution in [0.4, 0.5) is 5.82 Å². The number of aryl methyl sites for hydroxylation is 1. The quantitative estimate of drug-likeness (QED) is 0.154. The summed E-state index contributed by atoms with van der Waals surface area (Å²) >= 11 is 0. The average molecular weight is 612 g/mol. The molecule has 3 unspecified atom stereocenters. The molecule has 3 atom stereocenters. The molecule has 0 aliphatic heterocycles. The van der Waals surface area contributed by atoms with Crippen molar-refractivity contribution in [3.8, 4) is 11.5 Å². The molecule has 3 aromatic rings. The first-order chi connectivity index (χ1) is 19.8. The van der Waals surface area contributed by atoms with Gasteiger partial charge in [0.2, 0.25) is 11.7 Å². The number of rotatable bonds is 6. The zero-order valence-corrected chi connectivity index (χ0v) is 24.2. The van der Waals surface area contributed by atoms with E-state index < -0.39 is 58.0 Å². The Morgan fingerprint density at radius 2 is 1.84 bits per heavy atom. The third kappa shape index (κ3) is 4.71. The number of halogens is 1. The van der Waals surface area contributed by atoms with Gasteiger partial charge in [0, 0.05) is 12.1 Å². The van der Waals surface area contributed by atoms with E-state index in [1.807, 2.05) is 0 Å². The van der Waals surface area contributed by atoms with Crippen LogP contribution in [0.5, 0.6) is 11.5 Å². The fourth-order valence-corrected chi connectivity index (χ4v) is 5.97. The van der Waals surface area contributed by atoms with Crippen LogP contribution in [0, 0.1) is 12.8 Å². The van der Waals surface area contributed by atoms with Crippen molar-refractivity contribution in [2.75, 3.05) is 26.1 Å². The zero-order chi connectivity index (χ0) is 30.7. The Balaban J connectivity index is 0.00000423. The lowest BCUT2D eigenvalue weighted by Gasteiger charge is -2.47. The van der Waals surface area contributed by atoms with Crippen LogP contribution in [-0.4, -0.2) is 86.1 Å².